The van der Waals surface area contributed by atoms with E-state index in [2.05, 4.69) is 6.92 Å². The van der Waals surface area contributed by atoms with Gasteiger partial charge in [-0.3, -0.25) is 9.59 Å². The molecule has 0 radical (unpaired) electrons. The summed E-state index contributed by atoms with van der Waals surface area (Å²) in [5, 5.41) is 0. The lowest BCUT2D eigenvalue weighted by Crippen LogP contribution is -2.49. The van der Waals surface area contributed by atoms with Gasteiger partial charge < -0.3 is 9.47 Å². The van der Waals surface area contributed by atoms with Crippen LogP contribution in [0.2, 0.25) is 0 Å². The molecule has 0 aromatic rings. The van der Waals surface area contributed by atoms with Crippen molar-refractivity contribution in [2.24, 2.45) is 28.1 Å². The number of carbonyl (C=O) groups excluding carboxylic acids is 3. The van der Waals surface area contributed by atoms with Crippen LogP contribution in [-0.4, -0.2) is 29.9 Å². The first-order valence-electron chi connectivity index (χ1n) is 9.69. The summed E-state index contributed by atoms with van der Waals surface area (Å²) in [4.78, 5) is 37.4. The molecule has 0 N–H and O–H groups in total. The molecular formula is C22H30O5. The quantitative estimate of drug-likeness (QED) is 0.557. The van der Waals surface area contributed by atoms with Crippen LogP contribution in [-0.2, 0) is 23.9 Å². The molecule has 0 aromatic heterocycles. The van der Waals surface area contributed by atoms with E-state index in [0.717, 1.165) is 0 Å². The van der Waals surface area contributed by atoms with E-state index in [0.29, 0.717) is 12.0 Å². The second-order valence-electron chi connectivity index (χ2n) is 9.17. The Balaban J connectivity index is 2.14. The van der Waals surface area contributed by atoms with Gasteiger partial charge in [0.2, 0.25) is 0 Å². The van der Waals surface area contributed by atoms with Gasteiger partial charge in [0.15, 0.2) is 5.78 Å². The largest absolute Gasteiger partial charge is 0.462 e. The number of esters is 2. The molecule has 1 spiro atoms. The smallest absolute Gasteiger partial charge is 0.333 e. The number of rotatable bonds is 3. The molecule has 0 heterocycles. The minimum Gasteiger partial charge on any atom is -0.462 e. The van der Waals surface area contributed by atoms with Crippen molar-refractivity contribution in [1.29, 1.82) is 0 Å². The molecule has 27 heavy (non-hydrogen) atoms. The van der Waals surface area contributed by atoms with Gasteiger partial charge in [0.25, 0.3) is 0 Å². The number of ether oxygens (including phenoxy) is 2. The van der Waals surface area contributed by atoms with Crippen LogP contribution in [0.3, 0.4) is 0 Å². The molecule has 5 nitrogen and oxygen atoms in total. The Hall–Kier alpha value is -1.91. The maximum atomic E-state index is 13.1. The molecule has 3 rings (SSSR count). The third-order valence-electron chi connectivity index (χ3n) is 7.51. The maximum absolute atomic E-state index is 13.1. The van der Waals surface area contributed by atoms with Crippen LogP contribution in [0, 0.1) is 28.1 Å². The van der Waals surface area contributed by atoms with Gasteiger partial charge in [-0.1, -0.05) is 32.9 Å². The van der Waals surface area contributed by atoms with Gasteiger partial charge in [-0.2, -0.15) is 0 Å². The third-order valence-corrected chi connectivity index (χ3v) is 7.51. The second-order valence-corrected chi connectivity index (χ2v) is 9.17. The minimum absolute atomic E-state index is 0.00988. The first-order valence-corrected chi connectivity index (χ1v) is 9.69. The Morgan fingerprint density at radius 3 is 2.37 bits per heavy atom. The lowest BCUT2D eigenvalue weighted by atomic mass is 9.61. The summed E-state index contributed by atoms with van der Waals surface area (Å²) < 4.78 is 11.7. The van der Waals surface area contributed by atoms with Crippen LogP contribution in [0.4, 0.5) is 0 Å². The van der Waals surface area contributed by atoms with E-state index < -0.39 is 28.3 Å². The van der Waals surface area contributed by atoms with Crippen molar-refractivity contribution < 1.29 is 23.9 Å². The normalized spacial score (nSPS) is 42.0. The monoisotopic (exact) mass is 374 g/mol. The fraction of sp³-hybridized carbons (Fsp3) is 0.682. The van der Waals surface area contributed by atoms with E-state index in [1.165, 1.54) is 6.92 Å². The molecule has 2 fully saturated rings. The predicted molar refractivity (Wildman–Crippen MR) is 101 cm³/mol. The average molecular weight is 374 g/mol. The van der Waals surface area contributed by atoms with Crippen LogP contribution in [0.15, 0.2) is 23.8 Å². The van der Waals surface area contributed by atoms with Gasteiger partial charge in [0.1, 0.15) is 12.2 Å². The zero-order valence-corrected chi connectivity index (χ0v) is 17.3. The molecule has 148 valence electrons. The standard InChI is InChI=1S/C22H30O5/c1-8-12(2)18(25)27-19-20(5,6)17-15(26-14(4)23)11-13(3)22(17)10-9-16(24)21(19,22)7/h8-10,13,15,17,19H,11H2,1-7H3/b12-8-/t13-,15-,17+,19+,21+,22+/m1/s1. The van der Waals surface area contributed by atoms with Crippen molar-refractivity contribution >= 4 is 17.7 Å². The van der Waals surface area contributed by atoms with Crippen LogP contribution in [0.25, 0.3) is 0 Å². The molecule has 0 unspecified atom stereocenters. The number of ketones is 1. The van der Waals surface area contributed by atoms with Crippen molar-refractivity contribution in [2.45, 2.75) is 67.1 Å². The molecule has 0 saturated heterocycles. The number of hydrogen-bond acceptors (Lipinski definition) is 5. The van der Waals surface area contributed by atoms with E-state index in [1.54, 1.807) is 26.0 Å². The molecular weight excluding hydrogens is 344 g/mol. The van der Waals surface area contributed by atoms with Crippen molar-refractivity contribution in [1.82, 2.24) is 0 Å². The molecule has 0 aliphatic heterocycles. The van der Waals surface area contributed by atoms with Crippen LogP contribution in [0.5, 0.6) is 0 Å². The van der Waals surface area contributed by atoms with Crippen molar-refractivity contribution in [3.63, 3.8) is 0 Å². The lowest BCUT2D eigenvalue weighted by molar-refractivity contribution is -0.164. The molecule has 5 heteroatoms. The van der Waals surface area contributed by atoms with Crippen molar-refractivity contribution in [3.05, 3.63) is 23.8 Å². The highest BCUT2D eigenvalue weighted by atomic mass is 16.6. The van der Waals surface area contributed by atoms with Crippen molar-refractivity contribution in [3.8, 4) is 0 Å². The van der Waals surface area contributed by atoms with Gasteiger partial charge in [-0.25, -0.2) is 4.79 Å². The molecule has 0 bridgehead atoms. The predicted octanol–water partition coefficient (Wildman–Crippen LogP) is 3.62. The van der Waals surface area contributed by atoms with Gasteiger partial charge >= 0.3 is 11.9 Å². The Morgan fingerprint density at radius 2 is 1.81 bits per heavy atom. The maximum Gasteiger partial charge on any atom is 0.333 e. The summed E-state index contributed by atoms with van der Waals surface area (Å²) >= 11 is 0. The number of allylic oxidation sites excluding steroid dienone is 3. The SMILES string of the molecule is C/C=C(/C)C(=O)O[C@H]1C(C)(C)[C@@H]2[C@H](OC(C)=O)C[C@@H](C)[C@@]23C=CC(=O)[C@@]13C. The lowest BCUT2D eigenvalue weighted by Gasteiger charge is -2.41. The Kier molecular flexibility index (Phi) is 4.44. The molecule has 3 aliphatic carbocycles. The zero-order valence-electron chi connectivity index (χ0n) is 17.3. The Labute approximate surface area is 161 Å². The summed E-state index contributed by atoms with van der Waals surface area (Å²) in [5.41, 5.74) is -1.35. The first-order chi connectivity index (χ1) is 12.4. The zero-order chi connectivity index (χ0) is 20.4. The average Bonchev–Trinajstić information content (AvgIpc) is 3.06. The van der Waals surface area contributed by atoms with E-state index in [4.69, 9.17) is 9.47 Å². The van der Waals surface area contributed by atoms with Crippen LogP contribution < -0.4 is 0 Å². The summed E-state index contributed by atoms with van der Waals surface area (Å²) in [6.07, 6.45) is 5.16. The van der Waals surface area contributed by atoms with Gasteiger partial charge in [-0.15, -0.1) is 0 Å². The van der Waals surface area contributed by atoms with Crippen molar-refractivity contribution in [2.75, 3.05) is 0 Å². The Morgan fingerprint density at radius 1 is 1.19 bits per heavy atom. The highest BCUT2D eigenvalue weighted by Gasteiger charge is 2.80. The van der Waals surface area contributed by atoms with E-state index in [9.17, 15) is 14.4 Å². The Bertz CT molecular complexity index is 761. The second kappa shape index (κ2) is 6.05. The van der Waals surface area contributed by atoms with Crippen LogP contribution in [0.1, 0.15) is 54.9 Å². The fourth-order valence-electron chi connectivity index (χ4n) is 6.44. The van der Waals surface area contributed by atoms with E-state index in [-0.39, 0.29) is 29.7 Å². The topological polar surface area (TPSA) is 69.7 Å². The highest BCUT2D eigenvalue weighted by molar-refractivity contribution is 6.00. The highest BCUT2D eigenvalue weighted by Crippen LogP contribution is 2.75. The summed E-state index contributed by atoms with van der Waals surface area (Å²) in [6.45, 7) is 13.0. The summed E-state index contributed by atoms with van der Waals surface area (Å²) in [5.74, 6) is -0.696. The van der Waals surface area contributed by atoms with Crippen LogP contribution >= 0.6 is 0 Å². The number of carbonyl (C=O) groups is 3. The summed E-state index contributed by atoms with van der Waals surface area (Å²) in [7, 11) is 0. The minimum atomic E-state index is -0.862. The van der Waals surface area contributed by atoms with Gasteiger partial charge in [0.05, 0.1) is 5.41 Å². The first kappa shape index (κ1) is 19.8. The third kappa shape index (κ3) is 2.33. The van der Waals surface area contributed by atoms with E-state index >= 15 is 0 Å². The molecule has 2 saturated carbocycles. The number of hydrogen-bond donors (Lipinski definition) is 0. The molecule has 0 aromatic carbocycles. The molecule has 3 aliphatic rings. The molecule has 0 amide bonds. The fourth-order valence-corrected chi connectivity index (χ4v) is 6.44. The van der Waals surface area contributed by atoms with E-state index in [1.807, 2.05) is 26.8 Å². The molecule has 6 atom stereocenters. The van der Waals surface area contributed by atoms with Gasteiger partial charge in [0, 0.05) is 29.2 Å². The van der Waals surface area contributed by atoms with Gasteiger partial charge in [-0.05, 0) is 39.2 Å². The summed E-state index contributed by atoms with van der Waals surface area (Å²) in [6, 6.07) is 0.